The number of rotatable bonds is 1. The van der Waals surface area contributed by atoms with Crippen LogP contribution in [0, 0.1) is 11.8 Å². The first kappa shape index (κ1) is 10.1. The maximum absolute atomic E-state index is 9.61. The lowest BCUT2D eigenvalue weighted by molar-refractivity contribution is 0.241. The molecule has 1 aromatic carbocycles. The van der Waals surface area contributed by atoms with Crippen molar-refractivity contribution in [3.8, 4) is 17.6 Å². The van der Waals surface area contributed by atoms with E-state index in [9.17, 15) is 5.02 Å². The maximum Gasteiger partial charge on any atom is 0.492 e. The van der Waals surface area contributed by atoms with E-state index >= 15 is 0 Å². The van der Waals surface area contributed by atoms with Crippen LogP contribution in [0.5, 0.6) is 5.75 Å². The van der Waals surface area contributed by atoms with Crippen molar-refractivity contribution in [3.05, 3.63) is 23.8 Å². The normalized spacial score (nSPS) is 18.1. The first-order valence-corrected chi connectivity index (χ1v) is 4.70. The van der Waals surface area contributed by atoms with Crippen molar-refractivity contribution in [2.24, 2.45) is 0 Å². The van der Waals surface area contributed by atoms with E-state index in [1.807, 2.05) is 6.07 Å². The lowest BCUT2D eigenvalue weighted by atomic mass is 9.79. The predicted octanol–water partition coefficient (Wildman–Crippen LogP) is 0.477. The standard InChI is InChI=1S/C11H11BO3/c1-3-4-11-9-7-8(14-2)5-6-10(9)12(13)15-11/h5-7,11,13H,1-2H3. The van der Waals surface area contributed by atoms with Crippen LogP contribution in [0.2, 0.25) is 0 Å². The van der Waals surface area contributed by atoms with Crippen molar-refractivity contribution in [1.29, 1.82) is 0 Å². The van der Waals surface area contributed by atoms with Gasteiger partial charge in [0.25, 0.3) is 0 Å². The van der Waals surface area contributed by atoms with E-state index in [-0.39, 0.29) is 6.10 Å². The zero-order chi connectivity index (χ0) is 10.8. The molecule has 1 aliphatic rings. The molecule has 1 aliphatic heterocycles. The van der Waals surface area contributed by atoms with Gasteiger partial charge in [0.2, 0.25) is 0 Å². The fraction of sp³-hybridized carbons (Fsp3) is 0.273. The zero-order valence-electron chi connectivity index (χ0n) is 8.65. The van der Waals surface area contributed by atoms with Gasteiger partial charge >= 0.3 is 7.12 Å². The Hall–Kier alpha value is -1.44. The number of fused-ring (bicyclic) bond motifs is 1. The maximum atomic E-state index is 9.61. The van der Waals surface area contributed by atoms with E-state index in [1.165, 1.54) is 0 Å². The molecular weight excluding hydrogens is 191 g/mol. The van der Waals surface area contributed by atoms with Crippen LogP contribution in [0.25, 0.3) is 0 Å². The van der Waals surface area contributed by atoms with Gasteiger partial charge in [-0.15, -0.1) is 5.92 Å². The Kier molecular flexibility index (Phi) is 2.67. The molecule has 0 aliphatic carbocycles. The van der Waals surface area contributed by atoms with Crippen molar-refractivity contribution in [2.45, 2.75) is 13.0 Å². The van der Waals surface area contributed by atoms with Crippen molar-refractivity contribution < 1.29 is 14.4 Å². The second kappa shape index (κ2) is 3.97. The van der Waals surface area contributed by atoms with Gasteiger partial charge in [0.1, 0.15) is 11.9 Å². The lowest BCUT2D eigenvalue weighted by Crippen LogP contribution is -2.27. The van der Waals surface area contributed by atoms with Gasteiger partial charge < -0.3 is 14.4 Å². The summed E-state index contributed by atoms with van der Waals surface area (Å²) < 4.78 is 10.4. The largest absolute Gasteiger partial charge is 0.497 e. The predicted molar refractivity (Wildman–Crippen MR) is 57.9 cm³/mol. The summed E-state index contributed by atoms with van der Waals surface area (Å²) in [6.45, 7) is 1.74. The molecule has 0 spiro atoms. The highest BCUT2D eigenvalue weighted by molar-refractivity contribution is 6.61. The molecule has 15 heavy (non-hydrogen) atoms. The van der Waals surface area contributed by atoms with Gasteiger partial charge in [-0.1, -0.05) is 12.0 Å². The van der Waals surface area contributed by atoms with Gasteiger partial charge in [-0.3, -0.25) is 0 Å². The molecule has 0 fully saturated rings. The van der Waals surface area contributed by atoms with Crippen molar-refractivity contribution in [1.82, 2.24) is 0 Å². The molecule has 0 aromatic heterocycles. The number of hydrogen-bond acceptors (Lipinski definition) is 3. The summed E-state index contributed by atoms with van der Waals surface area (Å²) in [4.78, 5) is 0. The number of methoxy groups -OCH3 is 1. The van der Waals surface area contributed by atoms with Crippen LogP contribution in [0.3, 0.4) is 0 Å². The van der Waals surface area contributed by atoms with E-state index in [0.717, 1.165) is 16.8 Å². The van der Waals surface area contributed by atoms with Crippen LogP contribution in [0.15, 0.2) is 18.2 Å². The molecule has 0 saturated carbocycles. The van der Waals surface area contributed by atoms with Crippen molar-refractivity contribution in [3.63, 3.8) is 0 Å². The van der Waals surface area contributed by atoms with E-state index in [2.05, 4.69) is 11.8 Å². The van der Waals surface area contributed by atoms with Crippen LogP contribution in [-0.2, 0) is 4.65 Å². The summed E-state index contributed by atoms with van der Waals surface area (Å²) in [6, 6.07) is 5.45. The first-order valence-electron chi connectivity index (χ1n) is 4.70. The molecule has 4 heteroatoms. The molecule has 0 radical (unpaired) electrons. The van der Waals surface area contributed by atoms with Gasteiger partial charge in [0.15, 0.2) is 0 Å². The highest BCUT2D eigenvalue weighted by Crippen LogP contribution is 2.25. The fourth-order valence-electron chi connectivity index (χ4n) is 1.65. The summed E-state index contributed by atoms with van der Waals surface area (Å²) in [5, 5.41) is 9.61. The van der Waals surface area contributed by atoms with Crippen LogP contribution < -0.4 is 10.2 Å². The van der Waals surface area contributed by atoms with Crippen molar-refractivity contribution >= 4 is 12.6 Å². The molecule has 0 amide bonds. The van der Waals surface area contributed by atoms with E-state index < -0.39 is 7.12 Å². The molecule has 76 valence electrons. The van der Waals surface area contributed by atoms with Crippen LogP contribution in [0.4, 0.5) is 0 Å². The summed E-state index contributed by atoms with van der Waals surface area (Å²) in [7, 11) is 0.728. The lowest BCUT2D eigenvalue weighted by Gasteiger charge is -2.05. The van der Waals surface area contributed by atoms with E-state index in [4.69, 9.17) is 9.39 Å². The molecule has 1 atom stereocenters. The Balaban J connectivity index is 2.45. The zero-order valence-corrected chi connectivity index (χ0v) is 8.65. The molecule has 3 nitrogen and oxygen atoms in total. The number of hydrogen-bond donors (Lipinski definition) is 1. The molecule has 1 N–H and O–H groups in total. The molecule has 1 aromatic rings. The van der Waals surface area contributed by atoms with Crippen LogP contribution in [0.1, 0.15) is 18.6 Å². The Morgan fingerprint density at radius 3 is 3.00 bits per heavy atom. The third kappa shape index (κ3) is 1.72. The van der Waals surface area contributed by atoms with Gasteiger partial charge in [-0.05, 0) is 30.1 Å². The molecular formula is C11H11BO3. The minimum Gasteiger partial charge on any atom is -0.497 e. The molecule has 0 saturated heterocycles. The third-order valence-corrected chi connectivity index (χ3v) is 2.38. The molecule has 1 heterocycles. The Bertz CT molecular complexity index is 433. The topological polar surface area (TPSA) is 38.7 Å². The second-order valence-electron chi connectivity index (χ2n) is 3.26. The summed E-state index contributed by atoms with van der Waals surface area (Å²) >= 11 is 0. The Morgan fingerprint density at radius 2 is 2.33 bits per heavy atom. The number of benzene rings is 1. The minimum absolute atomic E-state index is 0.352. The van der Waals surface area contributed by atoms with E-state index in [1.54, 1.807) is 26.2 Å². The fourth-order valence-corrected chi connectivity index (χ4v) is 1.65. The molecule has 0 bridgehead atoms. The quantitative estimate of drug-likeness (QED) is 0.531. The third-order valence-electron chi connectivity index (χ3n) is 2.38. The van der Waals surface area contributed by atoms with Gasteiger partial charge in [-0.2, -0.15) is 0 Å². The van der Waals surface area contributed by atoms with E-state index in [0.29, 0.717) is 0 Å². The van der Waals surface area contributed by atoms with Crippen LogP contribution >= 0.6 is 0 Å². The first-order chi connectivity index (χ1) is 7.26. The Labute approximate surface area is 89.2 Å². The van der Waals surface area contributed by atoms with Gasteiger partial charge in [0, 0.05) is 0 Å². The van der Waals surface area contributed by atoms with Gasteiger partial charge in [-0.25, -0.2) is 0 Å². The van der Waals surface area contributed by atoms with Crippen molar-refractivity contribution in [2.75, 3.05) is 7.11 Å². The SMILES string of the molecule is CC#CC1OB(O)c2ccc(OC)cc21. The molecule has 2 rings (SSSR count). The highest BCUT2D eigenvalue weighted by atomic mass is 16.5. The monoisotopic (exact) mass is 202 g/mol. The average molecular weight is 202 g/mol. The smallest absolute Gasteiger partial charge is 0.492 e. The summed E-state index contributed by atoms with van der Waals surface area (Å²) in [5.41, 5.74) is 1.65. The van der Waals surface area contributed by atoms with Crippen LogP contribution in [-0.4, -0.2) is 19.3 Å². The highest BCUT2D eigenvalue weighted by Gasteiger charge is 2.34. The average Bonchev–Trinajstić information content (AvgIpc) is 2.56. The second-order valence-corrected chi connectivity index (χ2v) is 3.26. The van der Waals surface area contributed by atoms with Gasteiger partial charge in [0.05, 0.1) is 7.11 Å². The Morgan fingerprint density at radius 1 is 1.53 bits per heavy atom. The molecule has 1 unspecified atom stereocenters. The summed E-state index contributed by atoms with van der Waals surface area (Å²) in [6.07, 6.45) is -0.352. The number of ether oxygens (including phenoxy) is 1. The summed E-state index contributed by atoms with van der Waals surface area (Å²) in [5.74, 6) is 6.42. The minimum atomic E-state index is -0.878.